The molecule has 0 spiro atoms. The second-order valence-electron chi connectivity index (χ2n) is 4.65. The van der Waals surface area contributed by atoms with E-state index in [-0.39, 0.29) is 5.91 Å². The zero-order chi connectivity index (χ0) is 15.4. The van der Waals surface area contributed by atoms with Gasteiger partial charge >= 0.3 is 0 Å². The van der Waals surface area contributed by atoms with Crippen molar-refractivity contribution in [2.45, 2.75) is 13.5 Å². The number of carbonyl (C=O) groups excluding carboxylic acids is 1. The summed E-state index contributed by atoms with van der Waals surface area (Å²) in [6.07, 6.45) is 0. The summed E-state index contributed by atoms with van der Waals surface area (Å²) >= 11 is 12.1. The molecule has 0 saturated heterocycles. The molecule has 0 unspecified atom stereocenters. The molecule has 0 bridgehead atoms. The van der Waals surface area contributed by atoms with E-state index < -0.39 is 0 Å². The van der Waals surface area contributed by atoms with Gasteiger partial charge in [-0.15, -0.1) is 0 Å². The van der Waals surface area contributed by atoms with E-state index in [1.807, 2.05) is 25.1 Å². The van der Waals surface area contributed by atoms with Crippen molar-refractivity contribution in [3.8, 4) is 0 Å². The number of rotatable bonds is 4. The molecule has 0 saturated carbocycles. The third kappa shape index (κ3) is 3.69. The molecule has 2 rings (SSSR count). The fourth-order valence-electron chi connectivity index (χ4n) is 2.11. The molecule has 0 heterocycles. The molecule has 0 aromatic heterocycles. The Kier molecular flexibility index (Phi) is 5.10. The maximum atomic E-state index is 12.6. The van der Waals surface area contributed by atoms with Crippen molar-refractivity contribution in [3.63, 3.8) is 0 Å². The van der Waals surface area contributed by atoms with Gasteiger partial charge < -0.3 is 10.6 Å². The van der Waals surface area contributed by atoms with Crippen molar-refractivity contribution < 1.29 is 4.79 Å². The van der Waals surface area contributed by atoms with Gasteiger partial charge in [0, 0.05) is 23.8 Å². The number of amides is 1. The molecule has 2 N–H and O–H groups in total. The Hall–Kier alpha value is -1.71. The fourth-order valence-corrected chi connectivity index (χ4v) is 2.58. The average Bonchev–Trinajstić information content (AvgIpc) is 2.44. The number of hydrogen-bond donors (Lipinski definition) is 1. The van der Waals surface area contributed by atoms with Crippen LogP contribution >= 0.6 is 23.2 Å². The number of hydrogen-bond acceptors (Lipinski definition) is 2. The molecule has 0 aliphatic carbocycles. The predicted octanol–water partition coefficient (Wildman–Crippen LogP) is 4.24. The van der Waals surface area contributed by atoms with Crippen molar-refractivity contribution in [2.24, 2.45) is 0 Å². The monoisotopic (exact) mass is 322 g/mol. The molecular formula is C16H16Cl2N2O. The molecule has 5 heteroatoms. The smallest absolute Gasteiger partial charge is 0.257 e. The van der Waals surface area contributed by atoms with Crippen LogP contribution in [-0.2, 0) is 6.54 Å². The van der Waals surface area contributed by atoms with Crippen molar-refractivity contribution >= 4 is 34.8 Å². The highest BCUT2D eigenvalue weighted by Crippen LogP contribution is 2.24. The molecule has 110 valence electrons. The zero-order valence-corrected chi connectivity index (χ0v) is 13.2. The first-order chi connectivity index (χ1) is 10.0. The molecule has 0 atom stereocenters. The van der Waals surface area contributed by atoms with Gasteiger partial charge in [-0.3, -0.25) is 4.79 Å². The normalized spacial score (nSPS) is 10.4. The van der Waals surface area contributed by atoms with Crippen LogP contribution in [-0.4, -0.2) is 17.4 Å². The third-order valence-corrected chi connectivity index (χ3v) is 3.74. The number of benzene rings is 2. The maximum Gasteiger partial charge on any atom is 0.257 e. The quantitative estimate of drug-likeness (QED) is 0.856. The van der Waals surface area contributed by atoms with Crippen molar-refractivity contribution in [3.05, 3.63) is 63.6 Å². The van der Waals surface area contributed by atoms with E-state index in [2.05, 4.69) is 0 Å². The molecule has 21 heavy (non-hydrogen) atoms. The lowest BCUT2D eigenvalue weighted by Gasteiger charge is -2.22. The molecule has 0 radical (unpaired) electrons. The molecule has 0 aliphatic rings. The van der Waals surface area contributed by atoms with E-state index in [0.29, 0.717) is 34.4 Å². The Morgan fingerprint density at radius 1 is 1.19 bits per heavy atom. The number of halogens is 2. The summed E-state index contributed by atoms with van der Waals surface area (Å²) in [5.41, 5.74) is 7.58. The van der Waals surface area contributed by atoms with Crippen LogP contribution in [0.2, 0.25) is 10.0 Å². The summed E-state index contributed by atoms with van der Waals surface area (Å²) in [7, 11) is 0. The van der Waals surface area contributed by atoms with Gasteiger partial charge in [-0.2, -0.15) is 0 Å². The Morgan fingerprint density at radius 3 is 2.52 bits per heavy atom. The number of nitrogen functional groups attached to an aromatic ring is 1. The van der Waals surface area contributed by atoms with Crippen molar-refractivity contribution in [2.75, 3.05) is 12.3 Å². The molecule has 0 aliphatic heterocycles. The van der Waals surface area contributed by atoms with E-state index >= 15 is 0 Å². The maximum absolute atomic E-state index is 12.6. The molecule has 2 aromatic rings. The summed E-state index contributed by atoms with van der Waals surface area (Å²) in [5.74, 6) is -0.180. The third-order valence-electron chi connectivity index (χ3n) is 3.19. The van der Waals surface area contributed by atoms with Crippen LogP contribution in [0.3, 0.4) is 0 Å². The van der Waals surface area contributed by atoms with Gasteiger partial charge in [0.2, 0.25) is 0 Å². The predicted molar refractivity (Wildman–Crippen MR) is 87.7 cm³/mol. The number of anilines is 1. The van der Waals surface area contributed by atoms with Crippen LogP contribution in [0, 0.1) is 0 Å². The van der Waals surface area contributed by atoms with Crippen molar-refractivity contribution in [1.82, 2.24) is 4.90 Å². The first-order valence-electron chi connectivity index (χ1n) is 6.60. The Morgan fingerprint density at radius 2 is 1.90 bits per heavy atom. The lowest BCUT2D eigenvalue weighted by molar-refractivity contribution is 0.0754. The summed E-state index contributed by atoms with van der Waals surface area (Å²) in [4.78, 5) is 14.3. The molecular weight excluding hydrogens is 307 g/mol. The molecule has 3 nitrogen and oxygen atoms in total. The summed E-state index contributed by atoms with van der Waals surface area (Å²) in [6, 6.07) is 12.5. The SMILES string of the molecule is CCN(Cc1cccc(Cl)c1)C(=O)c1c(N)cccc1Cl. The second kappa shape index (κ2) is 6.83. The van der Waals surface area contributed by atoms with E-state index in [1.54, 1.807) is 29.2 Å². The topological polar surface area (TPSA) is 46.3 Å². The highest BCUT2D eigenvalue weighted by atomic mass is 35.5. The van der Waals surface area contributed by atoms with Crippen LogP contribution in [0.4, 0.5) is 5.69 Å². The molecule has 1 amide bonds. The van der Waals surface area contributed by atoms with Crippen molar-refractivity contribution in [1.29, 1.82) is 0 Å². The Labute approximate surface area is 134 Å². The minimum Gasteiger partial charge on any atom is -0.398 e. The largest absolute Gasteiger partial charge is 0.398 e. The van der Waals surface area contributed by atoms with Gasteiger partial charge in [-0.1, -0.05) is 41.4 Å². The lowest BCUT2D eigenvalue weighted by atomic mass is 10.1. The van der Waals surface area contributed by atoms with Crippen LogP contribution in [0.1, 0.15) is 22.8 Å². The first-order valence-corrected chi connectivity index (χ1v) is 7.36. The molecule has 2 aromatic carbocycles. The Balaban J connectivity index is 2.27. The fraction of sp³-hybridized carbons (Fsp3) is 0.188. The number of nitrogens with zero attached hydrogens (tertiary/aromatic N) is 1. The second-order valence-corrected chi connectivity index (χ2v) is 5.50. The van der Waals surface area contributed by atoms with E-state index in [9.17, 15) is 4.79 Å². The van der Waals surface area contributed by atoms with E-state index in [0.717, 1.165) is 5.56 Å². The van der Waals surface area contributed by atoms with Crippen LogP contribution in [0.25, 0.3) is 0 Å². The zero-order valence-electron chi connectivity index (χ0n) is 11.6. The minimum atomic E-state index is -0.180. The van der Waals surface area contributed by atoms with E-state index in [1.165, 1.54) is 0 Å². The first kappa shape index (κ1) is 15.7. The summed E-state index contributed by atoms with van der Waals surface area (Å²) < 4.78 is 0. The summed E-state index contributed by atoms with van der Waals surface area (Å²) in [6.45, 7) is 2.92. The number of nitrogens with two attached hydrogens (primary N) is 1. The van der Waals surface area contributed by atoms with Gasteiger partial charge in [-0.25, -0.2) is 0 Å². The Bertz CT molecular complexity index is 638. The summed E-state index contributed by atoms with van der Waals surface area (Å²) in [5, 5.41) is 1.01. The van der Waals surface area contributed by atoms with E-state index in [4.69, 9.17) is 28.9 Å². The lowest BCUT2D eigenvalue weighted by Crippen LogP contribution is -2.31. The van der Waals surface area contributed by atoms with Gasteiger partial charge in [0.05, 0.1) is 10.6 Å². The van der Waals surface area contributed by atoms with Crippen LogP contribution in [0.15, 0.2) is 42.5 Å². The standard InChI is InChI=1S/C16H16Cl2N2O/c1-2-20(10-11-5-3-6-12(17)9-11)16(21)15-13(18)7-4-8-14(15)19/h3-9H,2,10,19H2,1H3. The van der Waals surface area contributed by atoms with Gasteiger partial charge in [0.1, 0.15) is 0 Å². The highest BCUT2D eigenvalue weighted by Gasteiger charge is 2.20. The van der Waals surface area contributed by atoms with Crippen LogP contribution < -0.4 is 5.73 Å². The highest BCUT2D eigenvalue weighted by molar-refractivity contribution is 6.34. The average molecular weight is 323 g/mol. The minimum absolute atomic E-state index is 0.180. The molecule has 0 fully saturated rings. The van der Waals surface area contributed by atoms with Gasteiger partial charge in [-0.05, 0) is 36.8 Å². The number of carbonyl (C=O) groups is 1. The van der Waals surface area contributed by atoms with Gasteiger partial charge in [0.25, 0.3) is 5.91 Å². The van der Waals surface area contributed by atoms with Gasteiger partial charge in [0.15, 0.2) is 0 Å². The van der Waals surface area contributed by atoms with Crippen LogP contribution in [0.5, 0.6) is 0 Å².